The summed E-state index contributed by atoms with van der Waals surface area (Å²) in [5.74, 6) is 1.69. The molecule has 0 unspecified atom stereocenters. The summed E-state index contributed by atoms with van der Waals surface area (Å²) in [6, 6.07) is 6.16. The van der Waals surface area contributed by atoms with Gasteiger partial charge in [0.05, 0.1) is 5.69 Å². The van der Waals surface area contributed by atoms with E-state index in [9.17, 15) is 0 Å². The summed E-state index contributed by atoms with van der Waals surface area (Å²) < 4.78 is 13.1. The molecule has 1 aliphatic heterocycles. The molecule has 3 rings (SSSR count). The van der Waals surface area contributed by atoms with Gasteiger partial charge >= 0.3 is 0 Å². The molecule has 2 heterocycles. The van der Waals surface area contributed by atoms with Crippen LogP contribution in [0.1, 0.15) is 11.3 Å². The van der Waals surface area contributed by atoms with Gasteiger partial charge < -0.3 is 14.8 Å². The highest BCUT2D eigenvalue weighted by Gasteiger charge is 2.15. The molecule has 1 N–H and O–H groups in total. The molecule has 0 saturated carbocycles. The van der Waals surface area contributed by atoms with Crippen LogP contribution in [-0.2, 0) is 20.1 Å². The molecular weight excluding hydrogens is 286 g/mol. The Bertz CT molecular complexity index is 627. The number of rotatable bonds is 5. The summed E-state index contributed by atoms with van der Waals surface area (Å²) in [6.45, 7) is 2.77. The van der Waals surface area contributed by atoms with Crippen LogP contribution in [0.5, 0.6) is 11.5 Å². The Hall–Kier alpha value is -1.66. The van der Waals surface area contributed by atoms with Gasteiger partial charge in [-0.2, -0.15) is 5.10 Å². The van der Waals surface area contributed by atoms with E-state index in [1.807, 2.05) is 24.0 Å². The first kappa shape index (κ1) is 14.3. The summed E-state index contributed by atoms with van der Waals surface area (Å²) in [5, 5.41) is 7.79. The SMILES string of the molecule is CSc1cc2c(cc1CNCc1ccn(C)n1)OCCO2. The van der Waals surface area contributed by atoms with Crippen LogP contribution in [0.3, 0.4) is 0 Å². The lowest BCUT2D eigenvalue weighted by Gasteiger charge is -2.20. The van der Waals surface area contributed by atoms with E-state index in [2.05, 4.69) is 28.8 Å². The first-order valence-electron chi connectivity index (χ1n) is 6.92. The molecule has 0 spiro atoms. The van der Waals surface area contributed by atoms with Crippen LogP contribution in [0, 0.1) is 0 Å². The molecule has 6 heteroatoms. The molecule has 2 aromatic rings. The molecule has 0 amide bonds. The number of hydrogen-bond donors (Lipinski definition) is 1. The molecule has 1 aliphatic rings. The molecule has 21 heavy (non-hydrogen) atoms. The number of ether oxygens (including phenoxy) is 2. The topological polar surface area (TPSA) is 48.3 Å². The Morgan fingerprint density at radius 3 is 2.67 bits per heavy atom. The maximum Gasteiger partial charge on any atom is 0.162 e. The van der Waals surface area contributed by atoms with Crippen LogP contribution in [-0.4, -0.2) is 29.3 Å². The van der Waals surface area contributed by atoms with E-state index in [4.69, 9.17) is 9.47 Å². The van der Waals surface area contributed by atoms with Crippen LogP contribution in [0.15, 0.2) is 29.3 Å². The smallest absolute Gasteiger partial charge is 0.162 e. The minimum absolute atomic E-state index is 0.617. The van der Waals surface area contributed by atoms with Gasteiger partial charge in [-0.3, -0.25) is 4.68 Å². The van der Waals surface area contributed by atoms with Gasteiger partial charge in [0, 0.05) is 31.2 Å². The van der Waals surface area contributed by atoms with Crippen molar-refractivity contribution in [3.8, 4) is 11.5 Å². The number of fused-ring (bicyclic) bond motifs is 1. The van der Waals surface area contributed by atoms with Gasteiger partial charge in [0.2, 0.25) is 0 Å². The maximum atomic E-state index is 5.65. The predicted molar refractivity (Wildman–Crippen MR) is 83.0 cm³/mol. The van der Waals surface area contributed by atoms with Crippen molar-refractivity contribution >= 4 is 11.8 Å². The normalized spacial score (nSPS) is 13.4. The first-order valence-corrected chi connectivity index (χ1v) is 8.14. The van der Waals surface area contributed by atoms with E-state index in [-0.39, 0.29) is 0 Å². The number of aryl methyl sites for hydroxylation is 1. The Kier molecular flexibility index (Phi) is 4.36. The number of nitrogens with one attached hydrogen (secondary N) is 1. The van der Waals surface area contributed by atoms with E-state index in [1.54, 1.807) is 11.8 Å². The Morgan fingerprint density at radius 1 is 1.24 bits per heavy atom. The highest BCUT2D eigenvalue weighted by molar-refractivity contribution is 7.98. The third kappa shape index (κ3) is 3.33. The van der Waals surface area contributed by atoms with Crippen LogP contribution >= 0.6 is 11.8 Å². The third-order valence-electron chi connectivity index (χ3n) is 3.34. The molecular formula is C15H19N3O2S. The fraction of sp³-hybridized carbons (Fsp3) is 0.400. The summed E-state index contributed by atoms with van der Waals surface area (Å²) in [7, 11) is 1.93. The second-order valence-corrected chi connectivity index (χ2v) is 5.74. The number of hydrogen-bond acceptors (Lipinski definition) is 5. The van der Waals surface area contributed by atoms with Gasteiger partial charge in [-0.05, 0) is 30.0 Å². The zero-order valence-electron chi connectivity index (χ0n) is 12.3. The average Bonchev–Trinajstić information content (AvgIpc) is 2.92. The van der Waals surface area contributed by atoms with Crippen molar-refractivity contribution in [3.05, 3.63) is 35.7 Å². The molecule has 5 nitrogen and oxygen atoms in total. The van der Waals surface area contributed by atoms with E-state index in [0.717, 1.165) is 30.3 Å². The lowest BCUT2D eigenvalue weighted by atomic mass is 10.2. The van der Waals surface area contributed by atoms with E-state index in [0.29, 0.717) is 13.2 Å². The number of aromatic nitrogens is 2. The molecule has 0 atom stereocenters. The summed E-state index contributed by atoms with van der Waals surface area (Å²) in [4.78, 5) is 1.22. The van der Waals surface area contributed by atoms with Crippen LogP contribution in [0.25, 0.3) is 0 Å². The zero-order valence-corrected chi connectivity index (χ0v) is 13.1. The Labute approximate surface area is 128 Å². The van der Waals surface area contributed by atoms with Gasteiger partial charge in [0.25, 0.3) is 0 Å². The van der Waals surface area contributed by atoms with Crippen molar-refractivity contribution in [2.45, 2.75) is 18.0 Å². The highest BCUT2D eigenvalue weighted by atomic mass is 32.2. The maximum absolute atomic E-state index is 5.65. The largest absolute Gasteiger partial charge is 0.486 e. The van der Waals surface area contributed by atoms with Crippen molar-refractivity contribution in [2.24, 2.45) is 7.05 Å². The van der Waals surface area contributed by atoms with E-state index >= 15 is 0 Å². The van der Waals surface area contributed by atoms with Crippen molar-refractivity contribution in [1.82, 2.24) is 15.1 Å². The predicted octanol–water partition coefficient (Wildman–Crippen LogP) is 2.20. The monoisotopic (exact) mass is 305 g/mol. The fourth-order valence-electron chi connectivity index (χ4n) is 2.32. The number of benzene rings is 1. The van der Waals surface area contributed by atoms with Crippen LogP contribution < -0.4 is 14.8 Å². The molecule has 1 aromatic carbocycles. The molecule has 112 valence electrons. The van der Waals surface area contributed by atoms with Crippen LogP contribution in [0.4, 0.5) is 0 Å². The van der Waals surface area contributed by atoms with Crippen molar-refractivity contribution in [3.63, 3.8) is 0 Å². The molecule has 0 saturated heterocycles. The summed E-state index contributed by atoms with van der Waals surface area (Å²) in [5.41, 5.74) is 2.27. The lowest BCUT2D eigenvalue weighted by Crippen LogP contribution is -2.17. The fourth-order valence-corrected chi connectivity index (χ4v) is 2.94. The standard InChI is InChI=1S/C15H19N3O2S/c1-18-4-3-12(17-18)10-16-9-11-7-13-14(8-15(11)21-2)20-6-5-19-13/h3-4,7-8,16H,5-6,9-10H2,1-2H3. The van der Waals surface area contributed by atoms with Crippen molar-refractivity contribution in [1.29, 1.82) is 0 Å². The van der Waals surface area contributed by atoms with E-state index in [1.165, 1.54) is 10.5 Å². The second kappa shape index (κ2) is 6.41. The third-order valence-corrected chi connectivity index (χ3v) is 4.16. The van der Waals surface area contributed by atoms with Crippen molar-refractivity contribution < 1.29 is 9.47 Å². The lowest BCUT2D eigenvalue weighted by molar-refractivity contribution is 0.171. The quantitative estimate of drug-likeness (QED) is 0.858. The second-order valence-electron chi connectivity index (χ2n) is 4.89. The summed E-state index contributed by atoms with van der Waals surface area (Å²) >= 11 is 1.72. The Balaban J connectivity index is 1.69. The molecule has 0 fully saturated rings. The Morgan fingerprint density at radius 2 is 2.00 bits per heavy atom. The molecule has 0 aliphatic carbocycles. The van der Waals surface area contributed by atoms with Gasteiger partial charge in [-0.15, -0.1) is 11.8 Å². The minimum Gasteiger partial charge on any atom is -0.486 e. The van der Waals surface area contributed by atoms with Gasteiger partial charge in [-0.1, -0.05) is 0 Å². The number of nitrogens with zero attached hydrogens (tertiary/aromatic N) is 2. The van der Waals surface area contributed by atoms with E-state index < -0.39 is 0 Å². The number of thioether (sulfide) groups is 1. The summed E-state index contributed by atoms with van der Waals surface area (Å²) in [6.07, 6.45) is 4.03. The molecule has 0 radical (unpaired) electrons. The highest BCUT2D eigenvalue weighted by Crippen LogP contribution is 2.36. The van der Waals surface area contributed by atoms with Gasteiger partial charge in [0.15, 0.2) is 11.5 Å². The minimum atomic E-state index is 0.617. The molecule has 0 bridgehead atoms. The van der Waals surface area contributed by atoms with Crippen molar-refractivity contribution in [2.75, 3.05) is 19.5 Å². The molecule has 1 aromatic heterocycles. The zero-order chi connectivity index (χ0) is 14.7. The van der Waals surface area contributed by atoms with Crippen LogP contribution in [0.2, 0.25) is 0 Å². The van der Waals surface area contributed by atoms with Gasteiger partial charge in [0.1, 0.15) is 13.2 Å². The first-order chi connectivity index (χ1) is 10.3. The van der Waals surface area contributed by atoms with Gasteiger partial charge in [-0.25, -0.2) is 0 Å². The average molecular weight is 305 g/mol.